The summed E-state index contributed by atoms with van der Waals surface area (Å²) in [6.45, 7) is 0.812. The minimum atomic E-state index is 0.110. The molecular weight excluding hydrogens is 328 g/mol. The van der Waals surface area contributed by atoms with Gasteiger partial charge in [-0.2, -0.15) is 5.26 Å². The van der Waals surface area contributed by atoms with Crippen molar-refractivity contribution in [3.63, 3.8) is 0 Å². The average molecular weight is 345 g/mol. The minimum Gasteiger partial charge on any atom is -0.396 e. The molecule has 0 heterocycles. The van der Waals surface area contributed by atoms with Crippen molar-refractivity contribution in [3.05, 3.63) is 69.7 Å². The van der Waals surface area contributed by atoms with Crippen molar-refractivity contribution in [1.82, 2.24) is 5.32 Å². The van der Waals surface area contributed by atoms with Crippen LogP contribution in [0.4, 0.5) is 0 Å². The van der Waals surface area contributed by atoms with E-state index in [9.17, 15) is 5.11 Å². The zero-order valence-corrected chi connectivity index (χ0v) is 13.2. The Balaban J connectivity index is 2.07. The summed E-state index contributed by atoms with van der Waals surface area (Å²) in [5.41, 5.74) is 2.89. The second kappa shape index (κ2) is 7.94. The second-order valence-electron chi connectivity index (χ2n) is 4.77. The fourth-order valence-corrected chi connectivity index (χ4v) is 2.71. The lowest BCUT2D eigenvalue weighted by atomic mass is 10.0. The Bertz CT molecular complexity index is 622. The average Bonchev–Trinajstić information content (AvgIpc) is 2.53. The van der Waals surface area contributed by atoms with Crippen molar-refractivity contribution in [2.45, 2.75) is 19.0 Å². The lowest BCUT2D eigenvalue weighted by molar-refractivity contribution is 0.265. The molecule has 21 heavy (non-hydrogen) atoms. The Morgan fingerprint density at radius 3 is 2.57 bits per heavy atom. The third-order valence-electron chi connectivity index (χ3n) is 3.34. The van der Waals surface area contributed by atoms with Crippen LogP contribution in [0.5, 0.6) is 0 Å². The van der Waals surface area contributed by atoms with Crippen LogP contribution in [-0.2, 0) is 6.54 Å². The molecule has 0 saturated heterocycles. The molecule has 4 heteroatoms. The number of hydrogen-bond donors (Lipinski definition) is 2. The van der Waals surface area contributed by atoms with Crippen molar-refractivity contribution < 1.29 is 5.11 Å². The number of nitrogens with zero attached hydrogens (tertiary/aromatic N) is 1. The van der Waals surface area contributed by atoms with E-state index >= 15 is 0 Å². The van der Waals surface area contributed by atoms with Gasteiger partial charge in [-0.1, -0.05) is 52.3 Å². The molecule has 1 unspecified atom stereocenters. The fraction of sp³-hybridized carbons (Fsp3) is 0.235. The molecule has 1 atom stereocenters. The summed E-state index contributed by atoms with van der Waals surface area (Å²) in [6.07, 6.45) is 0.665. The van der Waals surface area contributed by atoms with Gasteiger partial charge in [0, 0.05) is 23.7 Å². The zero-order chi connectivity index (χ0) is 15.1. The number of rotatable bonds is 6. The molecule has 2 rings (SSSR count). The lowest BCUT2D eigenvalue weighted by Gasteiger charge is -2.19. The molecule has 0 spiro atoms. The molecule has 0 saturated carbocycles. The van der Waals surface area contributed by atoms with Gasteiger partial charge in [0.1, 0.15) is 0 Å². The molecule has 0 radical (unpaired) electrons. The lowest BCUT2D eigenvalue weighted by Crippen LogP contribution is -2.22. The standard InChI is InChI=1S/C17H17BrN2O/c18-16-10-13(11-19)6-7-15(16)12-20-17(8-9-21)14-4-2-1-3-5-14/h1-7,10,17,20-21H,8-9,12H2. The summed E-state index contributed by atoms with van der Waals surface area (Å²) in [6, 6.07) is 17.9. The van der Waals surface area contributed by atoms with Gasteiger partial charge in [0.15, 0.2) is 0 Å². The molecule has 0 bridgehead atoms. The maximum atomic E-state index is 9.23. The molecule has 108 valence electrons. The Labute approximate surface area is 133 Å². The van der Waals surface area contributed by atoms with E-state index in [0.717, 1.165) is 15.6 Å². The van der Waals surface area contributed by atoms with Crippen LogP contribution in [-0.4, -0.2) is 11.7 Å². The number of halogens is 1. The first-order valence-electron chi connectivity index (χ1n) is 6.82. The second-order valence-corrected chi connectivity index (χ2v) is 5.63. The van der Waals surface area contributed by atoms with E-state index in [-0.39, 0.29) is 12.6 Å². The van der Waals surface area contributed by atoms with Gasteiger partial charge >= 0.3 is 0 Å². The highest BCUT2D eigenvalue weighted by Gasteiger charge is 2.11. The Morgan fingerprint density at radius 1 is 1.19 bits per heavy atom. The minimum absolute atomic E-state index is 0.110. The summed E-state index contributed by atoms with van der Waals surface area (Å²) >= 11 is 3.49. The Kier molecular flexibility index (Phi) is 5.94. The van der Waals surface area contributed by atoms with Crippen LogP contribution in [0.2, 0.25) is 0 Å². The third-order valence-corrected chi connectivity index (χ3v) is 4.08. The highest BCUT2D eigenvalue weighted by atomic mass is 79.9. The van der Waals surface area contributed by atoms with Crippen LogP contribution < -0.4 is 5.32 Å². The monoisotopic (exact) mass is 344 g/mol. The van der Waals surface area contributed by atoms with Gasteiger partial charge in [0.2, 0.25) is 0 Å². The van der Waals surface area contributed by atoms with Crippen LogP contribution in [0.3, 0.4) is 0 Å². The maximum Gasteiger partial charge on any atom is 0.0992 e. The largest absolute Gasteiger partial charge is 0.396 e. The van der Waals surface area contributed by atoms with Crippen LogP contribution >= 0.6 is 15.9 Å². The number of aliphatic hydroxyl groups is 1. The molecule has 0 fully saturated rings. The van der Waals surface area contributed by atoms with E-state index in [0.29, 0.717) is 18.5 Å². The molecule has 2 aromatic carbocycles. The van der Waals surface area contributed by atoms with Gasteiger partial charge in [0.05, 0.1) is 11.6 Å². The maximum absolute atomic E-state index is 9.23. The number of nitriles is 1. The van der Waals surface area contributed by atoms with Gasteiger partial charge in [-0.15, -0.1) is 0 Å². The SMILES string of the molecule is N#Cc1ccc(CNC(CCO)c2ccccc2)c(Br)c1. The van der Waals surface area contributed by atoms with Gasteiger partial charge in [-0.25, -0.2) is 0 Å². The number of benzene rings is 2. The molecule has 0 aliphatic carbocycles. The van der Waals surface area contributed by atoms with Gasteiger partial charge < -0.3 is 10.4 Å². The quantitative estimate of drug-likeness (QED) is 0.842. The van der Waals surface area contributed by atoms with Crippen molar-refractivity contribution in [1.29, 1.82) is 5.26 Å². The Morgan fingerprint density at radius 2 is 1.95 bits per heavy atom. The van der Waals surface area contributed by atoms with Crippen molar-refractivity contribution in [3.8, 4) is 6.07 Å². The van der Waals surface area contributed by atoms with Crippen LogP contribution in [0, 0.1) is 11.3 Å². The third kappa shape index (κ3) is 4.40. The summed E-state index contributed by atoms with van der Waals surface area (Å²) in [5, 5.41) is 21.6. The topological polar surface area (TPSA) is 56.0 Å². The summed E-state index contributed by atoms with van der Waals surface area (Å²) in [7, 11) is 0. The van der Waals surface area contributed by atoms with E-state index < -0.39 is 0 Å². The Hall–Kier alpha value is -1.67. The molecule has 0 amide bonds. The molecule has 0 aliphatic rings. The first-order chi connectivity index (χ1) is 10.2. The first kappa shape index (κ1) is 15.7. The molecule has 0 aliphatic heterocycles. The highest BCUT2D eigenvalue weighted by molar-refractivity contribution is 9.10. The zero-order valence-electron chi connectivity index (χ0n) is 11.6. The van der Waals surface area contributed by atoms with Crippen LogP contribution in [0.25, 0.3) is 0 Å². The molecular formula is C17H17BrN2O. The smallest absolute Gasteiger partial charge is 0.0992 e. The van der Waals surface area contributed by atoms with Crippen molar-refractivity contribution in [2.24, 2.45) is 0 Å². The van der Waals surface area contributed by atoms with E-state index in [1.165, 1.54) is 0 Å². The van der Waals surface area contributed by atoms with Crippen LogP contribution in [0.1, 0.15) is 29.2 Å². The predicted molar refractivity (Wildman–Crippen MR) is 86.6 cm³/mol. The summed E-state index contributed by atoms with van der Waals surface area (Å²) in [5.74, 6) is 0. The number of hydrogen-bond acceptors (Lipinski definition) is 3. The van der Waals surface area contributed by atoms with E-state index in [1.54, 1.807) is 0 Å². The summed E-state index contributed by atoms with van der Waals surface area (Å²) < 4.78 is 0.921. The van der Waals surface area contributed by atoms with Crippen molar-refractivity contribution >= 4 is 15.9 Å². The number of nitrogens with one attached hydrogen (secondary N) is 1. The van der Waals surface area contributed by atoms with E-state index in [2.05, 4.69) is 39.4 Å². The van der Waals surface area contributed by atoms with Gasteiger partial charge in [-0.05, 0) is 29.7 Å². The highest BCUT2D eigenvalue weighted by Crippen LogP contribution is 2.21. The van der Waals surface area contributed by atoms with Crippen LogP contribution in [0.15, 0.2) is 53.0 Å². The van der Waals surface area contributed by atoms with Gasteiger partial charge in [-0.3, -0.25) is 0 Å². The summed E-state index contributed by atoms with van der Waals surface area (Å²) in [4.78, 5) is 0. The van der Waals surface area contributed by atoms with Gasteiger partial charge in [0.25, 0.3) is 0 Å². The fourth-order valence-electron chi connectivity index (χ4n) is 2.19. The van der Waals surface area contributed by atoms with Crippen molar-refractivity contribution in [2.75, 3.05) is 6.61 Å². The predicted octanol–water partition coefficient (Wildman–Crippen LogP) is 3.53. The normalized spacial score (nSPS) is 11.9. The molecule has 3 nitrogen and oxygen atoms in total. The van der Waals surface area contributed by atoms with E-state index in [1.807, 2.05) is 36.4 Å². The molecule has 0 aromatic heterocycles. The number of aliphatic hydroxyl groups excluding tert-OH is 1. The van der Waals surface area contributed by atoms with E-state index in [4.69, 9.17) is 5.26 Å². The molecule has 2 N–H and O–H groups in total. The first-order valence-corrected chi connectivity index (χ1v) is 7.61. The molecule has 2 aromatic rings.